The number of aliphatic carboxylic acids is 1. The molecule has 1 heterocycles. The molecule has 0 aliphatic carbocycles. The van der Waals surface area contributed by atoms with Crippen molar-refractivity contribution in [3.63, 3.8) is 0 Å². The third-order valence-electron chi connectivity index (χ3n) is 3.19. The van der Waals surface area contributed by atoms with Crippen LogP contribution < -0.4 is 16.4 Å². The molecule has 0 saturated heterocycles. The zero-order valence-corrected chi connectivity index (χ0v) is 11.3. The summed E-state index contributed by atoms with van der Waals surface area (Å²) >= 11 is 0. The molecule has 0 aromatic heterocycles. The molecule has 1 aliphatic heterocycles. The molecule has 0 saturated carbocycles. The second kappa shape index (κ2) is 5.41. The van der Waals surface area contributed by atoms with Gasteiger partial charge in [-0.3, -0.25) is 19.7 Å². The lowest BCUT2D eigenvalue weighted by Gasteiger charge is -2.27. The van der Waals surface area contributed by atoms with Gasteiger partial charge < -0.3 is 21.5 Å². The number of nitrogens with two attached hydrogens (primary N) is 1. The number of amides is 1. The summed E-state index contributed by atoms with van der Waals surface area (Å²) in [6.45, 7) is 1.20. The van der Waals surface area contributed by atoms with Gasteiger partial charge in [0.05, 0.1) is 22.3 Å². The van der Waals surface area contributed by atoms with E-state index in [0.717, 1.165) is 12.1 Å². The van der Waals surface area contributed by atoms with Gasteiger partial charge in [0.1, 0.15) is 0 Å². The Kier molecular flexibility index (Phi) is 3.78. The van der Waals surface area contributed by atoms with Crippen LogP contribution in [0.15, 0.2) is 12.1 Å². The Morgan fingerprint density at radius 1 is 1.45 bits per heavy atom. The van der Waals surface area contributed by atoms with Crippen molar-refractivity contribution in [2.75, 3.05) is 10.6 Å². The third-order valence-corrected chi connectivity index (χ3v) is 3.19. The van der Waals surface area contributed by atoms with Crippen LogP contribution in [0, 0.1) is 10.1 Å². The summed E-state index contributed by atoms with van der Waals surface area (Å²) in [6.07, 6.45) is 0. The topological polar surface area (TPSA) is 165 Å². The summed E-state index contributed by atoms with van der Waals surface area (Å²) < 4.78 is 0. The number of nitro groups is 1. The maximum absolute atomic E-state index is 11.7. The first kappa shape index (κ1) is 15.4. The van der Waals surface area contributed by atoms with Gasteiger partial charge in [0, 0.05) is 17.7 Å². The first-order valence-corrected chi connectivity index (χ1v) is 6.11. The summed E-state index contributed by atoms with van der Waals surface area (Å²) in [5, 5.41) is 24.6. The van der Waals surface area contributed by atoms with E-state index in [1.807, 2.05) is 0 Å². The quantitative estimate of drug-likeness (QED) is 0.343. The monoisotopic (exact) mass is 308 g/mol. The number of nitrogens with zero attached hydrogens (tertiary/aromatic N) is 1. The number of carbonyl (C=O) groups is 3. The van der Waals surface area contributed by atoms with E-state index in [1.165, 1.54) is 6.92 Å². The number of ketones is 1. The van der Waals surface area contributed by atoms with Crippen LogP contribution in [0.2, 0.25) is 0 Å². The number of hydrogen-bond donors (Lipinski definition) is 4. The van der Waals surface area contributed by atoms with Crippen molar-refractivity contribution < 1.29 is 24.4 Å². The fourth-order valence-corrected chi connectivity index (χ4v) is 2.07. The molecule has 2 rings (SSSR count). The Bertz CT molecular complexity index is 701. The van der Waals surface area contributed by atoms with Crippen LogP contribution in [0.25, 0.3) is 0 Å². The SMILES string of the molecule is CC(=O)C(N)c1cc([N+](=O)[O-])cc2c1NC(C(=O)O)C(=O)N2. The van der Waals surface area contributed by atoms with Gasteiger partial charge in [0.15, 0.2) is 5.78 Å². The number of nitrogens with one attached hydrogen (secondary N) is 2. The molecule has 1 aliphatic rings. The van der Waals surface area contributed by atoms with Gasteiger partial charge in [-0.05, 0) is 6.92 Å². The maximum atomic E-state index is 11.7. The molecule has 0 spiro atoms. The summed E-state index contributed by atoms with van der Waals surface area (Å²) in [5.74, 6) is -2.76. The average molecular weight is 308 g/mol. The van der Waals surface area contributed by atoms with Crippen LogP contribution >= 0.6 is 0 Å². The fourth-order valence-electron chi connectivity index (χ4n) is 2.07. The van der Waals surface area contributed by atoms with E-state index in [4.69, 9.17) is 10.8 Å². The van der Waals surface area contributed by atoms with E-state index in [-0.39, 0.29) is 22.6 Å². The molecule has 1 aromatic carbocycles. The molecule has 2 unspecified atom stereocenters. The van der Waals surface area contributed by atoms with Crippen molar-refractivity contribution in [2.45, 2.75) is 19.0 Å². The summed E-state index contributed by atoms with van der Waals surface area (Å²) in [7, 11) is 0. The molecular formula is C12H12N4O6. The fraction of sp³-hybridized carbons (Fsp3) is 0.250. The zero-order chi connectivity index (χ0) is 16.6. The minimum atomic E-state index is -1.58. The van der Waals surface area contributed by atoms with Crippen LogP contribution in [-0.4, -0.2) is 33.7 Å². The average Bonchev–Trinajstić information content (AvgIpc) is 2.43. The number of carboxylic acid groups (broad SMARTS) is 1. The number of rotatable bonds is 4. The van der Waals surface area contributed by atoms with Crippen molar-refractivity contribution in [1.29, 1.82) is 0 Å². The van der Waals surface area contributed by atoms with E-state index in [2.05, 4.69) is 10.6 Å². The van der Waals surface area contributed by atoms with Crippen LogP contribution in [0.3, 0.4) is 0 Å². The van der Waals surface area contributed by atoms with Crippen molar-refractivity contribution >= 4 is 34.7 Å². The normalized spacial score (nSPS) is 17.7. The second-order valence-electron chi connectivity index (χ2n) is 4.71. The minimum Gasteiger partial charge on any atom is -0.479 e. The van der Waals surface area contributed by atoms with E-state index in [1.54, 1.807) is 0 Å². The smallest absolute Gasteiger partial charge is 0.336 e. The van der Waals surface area contributed by atoms with Gasteiger partial charge in [0.2, 0.25) is 6.04 Å². The highest BCUT2D eigenvalue weighted by Gasteiger charge is 2.35. The van der Waals surface area contributed by atoms with Gasteiger partial charge >= 0.3 is 5.97 Å². The highest BCUT2D eigenvalue weighted by atomic mass is 16.6. The molecular weight excluding hydrogens is 296 g/mol. The molecule has 0 radical (unpaired) electrons. The molecule has 10 nitrogen and oxygen atoms in total. The van der Waals surface area contributed by atoms with Gasteiger partial charge in [-0.1, -0.05) is 0 Å². The minimum absolute atomic E-state index is 0.00315. The standard InChI is InChI=1S/C12H12N4O6/c1-4(17)8(13)6-2-5(16(21)22)3-7-9(6)15-10(12(19)20)11(18)14-7/h2-3,8,10,15H,13H2,1H3,(H,14,18)(H,19,20). The molecule has 0 bridgehead atoms. The lowest BCUT2D eigenvalue weighted by molar-refractivity contribution is -0.384. The Labute approximate surface area is 123 Å². The first-order valence-electron chi connectivity index (χ1n) is 6.11. The van der Waals surface area contributed by atoms with Crippen LogP contribution in [-0.2, 0) is 14.4 Å². The summed E-state index contributed by atoms with van der Waals surface area (Å²) in [4.78, 5) is 44.4. The number of carboxylic acids is 1. The Morgan fingerprint density at radius 2 is 2.09 bits per heavy atom. The van der Waals surface area contributed by atoms with Gasteiger partial charge in [0.25, 0.3) is 11.6 Å². The van der Waals surface area contributed by atoms with Crippen molar-refractivity contribution in [3.8, 4) is 0 Å². The maximum Gasteiger partial charge on any atom is 0.336 e. The largest absolute Gasteiger partial charge is 0.479 e. The molecule has 10 heteroatoms. The lowest BCUT2D eigenvalue weighted by atomic mass is 9.98. The Balaban J connectivity index is 2.63. The molecule has 22 heavy (non-hydrogen) atoms. The molecule has 116 valence electrons. The van der Waals surface area contributed by atoms with Crippen molar-refractivity contribution in [3.05, 3.63) is 27.8 Å². The number of Topliss-reactive ketones (excluding diaryl/α,β-unsaturated/α-hetero) is 1. The number of benzene rings is 1. The summed E-state index contributed by atoms with van der Waals surface area (Å²) in [5.41, 5.74) is 5.47. The molecule has 5 N–H and O–H groups in total. The van der Waals surface area contributed by atoms with Crippen molar-refractivity contribution in [1.82, 2.24) is 0 Å². The zero-order valence-electron chi connectivity index (χ0n) is 11.3. The van der Waals surface area contributed by atoms with E-state index in [9.17, 15) is 24.5 Å². The lowest BCUT2D eigenvalue weighted by Crippen LogP contribution is -2.45. The van der Waals surface area contributed by atoms with Gasteiger partial charge in [-0.25, -0.2) is 4.79 Å². The van der Waals surface area contributed by atoms with Crippen LogP contribution in [0.1, 0.15) is 18.5 Å². The number of non-ortho nitro benzene ring substituents is 1. The van der Waals surface area contributed by atoms with E-state index >= 15 is 0 Å². The summed E-state index contributed by atoms with van der Waals surface area (Å²) in [6, 6.07) is -0.624. The predicted octanol–water partition coefficient (Wildman–Crippen LogP) is 0.000800. The van der Waals surface area contributed by atoms with Crippen LogP contribution in [0.5, 0.6) is 0 Å². The van der Waals surface area contributed by atoms with Gasteiger partial charge in [-0.15, -0.1) is 0 Å². The predicted molar refractivity (Wildman–Crippen MR) is 74.4 cm³/mol. The molecule has 1 aromatic rings. The molecule has 2 atom stereocenters. The van der Waals surface area contributed by atoms with Crippen molar-refractivity contribution in [2.24, 2.45) is 5.73 Å². The van der Waals surface area contributed by atoms with E-state index in [0.29, 0.717) is 0 Å². The number of fused-ring (bicyclic) bond motifs is 1. The highest BCUT2D eigenvalue weighted by molar-refractivity contribution is 6.14. The number of anilines is 2. The molecule has 1 amide bonds. The number of nitro benzene ring substituents is 1. The third kappa shape index (κ3) is 2.59. The van der Waals surface area contributed by atoms with Crippen LogP contribution in [0.4, 0.5) is 17.1 Å². The number of hydrogen-bond acceptors (Lipinski definition) is 7. The Morgan fingerprint density at radius 3 is 2.59 bits per heavy atom. The number of carbonyl (C=O) groups excluding carboxylic acids is 2. The molecule has 0 fully saturated rings. The Hall–Kier alpha value is -3.01. The van der Waals surface area contributed by atoms with Gasteiger partial charge in [-0.2, -0.15) is 0 Å². The van der Waals surface area contributed by atoms with E-state index < -0.39 is 34.7 Å². The highest BCUT2D eigenvalue weighted by Crippen LogP contribution is 2.37. The second-order valence-corrected chi connectivity index (χ2v) is 4.71. The first-order chi connectivity index (χ1) is 10.2.